The van der Waals surface area contributed by atoms with Crippen LogP contribution in [0.2, 0.25) is 0 Å². The van der Waals surface area contributed by atoms with E-state index in [2.05, 4.69) is 22.9 Å². The molecule has 1 unspecified atom stereocenters. The number of aliphatic hydroxyl groups is 1. The molecule has 33 heavy (non-hydrogen) atoms. The largest absolute Gasteiger partial charge is 0.493 e. The number of hydrogen-bond acceptors (Lipinski definition) is 7. The van der Waals surface area contributed by atoms with Crippen molar-refractivity contribution in [1.82, 2.24) is 9.80 Å². The third-order valence-electron chi connectivity index (χ3n) is 6.38. The van der Waals surface area contributed by atoms with E-state index in [0.717, 1.165) is 68.1 Å². The van der Waals surface area contributed by atoms with Gasteiger partial charge in [-0.3, -0.25) is 0 Å². The Bertz CT molecular complexity index is 904. The van der Waals surface area contributed by atoms with Gasteiger partial charge in [-0.15, -0.1) is 0 Å². The van der Waals surface area contributed by atoms with Crippen LogP contribution in [0.25, 0.3) is 0 Å². The normalized spacial score (nSPS) is 16.3. The molecule has 0 spiro atoms. The summed E-state index contributed by atoms with van der Waals surface area (Å²) in [6, 6.07) is 10.0. The van der Waals surface area contributed by atoms with Crippen molar-refractivity contribution >= 4 is 0 Å². The second-order valence-electron chi connectivity index (χ2n) is 8.57. The quantitative estimate of drug-likeness (QED) is 0.555. The van der Waals surface area contributed by atoms with Crippen molar-refractivity contribution in [3.05, 3.63) is 47.0 Å². The molecule has 7 nitrogen and oxygen atoms in total. The highest BCUT2D eigenvalue weighted by Crippen LogP contribution is 2.35. The maximum Gasteiger partial charge on any atom is 0.161 e. The SMILES string of the molecule is COc1ccc(CCN(C)CCCN2CCc3cc(OC)c(OC)cc3C(O)C2)cc1OC. The highest BCUT2D eigenvalue weighted by Gasteiger charge is 2.23. The fourth-order valence-electron chi connectivity index (χ4n) is 4.41. The molecule has 0 saturated carbocycles. The Balaban J connectivity index is 1.47. The van der Waals surface area contributed by atoms with Crippen LogP contribution < -0.4 is 18.9 Å². The first-order valence-electron chi connectivity index (χ1n) is 11.5. The van der Waals surface area contributed by atoms with Crippen molar-refractivity contribution in [3.63, 3.8) is 0 Å². The lowest BCUT2D eigenvalue weighted by Crippen LogP contribution is -2.32. The summed E-state index contributed by atoms with van der Waals surface area (Å²) >= 11 is 0. The molecule has 0 saturated heterocycles. The summed E-state index contributed by atoms with van der Waals surface area (Å²) in [5.74, 6) is 2.91. The number of rotatable bonds is 11. The second-order valence-corrected chi connectivity index (χ2v) is 8.57. The number of likely N-dealkylation sites (N-methyl/N-ethyl adjacent to an activating group) is 1. The zero-order chi connectivity index (χ0) is 23.8. The first kappa shape index (κ1) is 25.1. The van der Waals surface area contributed by atoms with E-state index >= 15 is 0 Å². The van der Waals surface area contributed by atoms with Crippen molar-refractivity contribution < 1.29 is 24.1 Å². The van der Waals surface area contributed by atoms with Gasteiger partial charge in [0.05, 0.1) is 34.5 Å². The Morgan fingerprint density at radius 2 is 1.58 bits per heavy atom. The summed E-state index contributed by atoms with van der Waals surface area (Å²) in [6.07, 6.45) is 2.38. The Hall–Kier alpha value is -2.48. The van der Waals surface area contributed by atoms with Gasteiger partial charge in [0.25, 0.3) is 0 Å². The summed E-state index contributed by atoms with van der Waals surface area (Å²) in [4.78, 5) is 4.71. The molecule has 2 aromatic rings. The number of β-amino-alcohol motifs (C(OH)–C–C–N with tert-alkyl or cyclic N) is 1. The third kappa shape index (κ3) is 6.53. The highest BCUT2D eigenvalue weighted by atomic mass is 16.5. The standard InChI is InChI=1S/C26H38N2O5/c1-27(13-9-19-7-8-23(30-2)24(15-19)31-3)11-6-12-28-14-10-20-16-25(32-4)26(33-5)17-21(20)22(29)18-28/h7-8,15-17,22,29H,6,9-14,18H2,1-5H3. The molecule has 1 N–H and O–H groups in total. The van der Waals surface area contributed by atoms with Crippen molar-refractivity contribution in [2.24, 2.45) is 0 Å². The Morgan fingerprint density at radius 3 is 2.27 bits per heavy atom. The number of nitrogens with zero attached hydrogens (tertiary/aromatic N) is 2. The minimum Gasteiger partial charge on any atom is -0.493 e. The van der Waals surface area contributed by atoms with Crippen LogP contribution in [0.15, 0.2) is 30.3 Å². The van der Waals surface area contributed by atoms with Gasteiger partial charge in [0, 0.05) is 19.6 Å². The lowest BCUT2D eigenvalue weighted by Gasteiger charge is -2.24. The Labute approximate surface area is 197 Å². The molecule has 182 valence electrons. The van der Waals surface area contributed by atoms with Gasteiger partial charge in [0.2, 0.25) is 0 Å². The second kappa shape index (κ2) is 12.1. The molecule has 0 aliphatic carbocycles. The number of ether oxygens (including phenoxy) is 4. The Kier molecular flexibility index (Phi) is 9.23. The molecule has 3 rings (SSSR count). The molecule has 1 aliphatic rings. The molecule has 0 aromatic heterocycles. The van der Waals surface area contributed by atoms with E-state index in [1.807, 2.05) is 24.3 Å². The van der Waals surface area contributed by atoms with Gasteiger partial charge in [-0.2, -0.15) is 0 Å². The van der Waals surface area contributed by atoms with Gasteiger partial charge in [-0.25, -0.2) is 0 Å². The molecule has 7 heteroatoms. The molecule has 1 atom stereocenters. The number of aliphatic hydroxyl groups excluding tert-OH is 1. The van der Waals surface area contributed by atoms with E-state index in [4.69, 9.17) is 18.9 Å². The predicted molar refractivity (Wildman–Crippen MR) is 130 cm³/mol. The minimum absolute atomic E-state index is 0.523. The monoisotopic (exact) mass is 458 g/mol. The van der Waals surface area contributed by atoms with E-state index in [1.165, 1.54) is 5.56 Å². The van der Waals surface area contributed by atoms with Crippen LogP contribution in [0.4, 0.5) is 0 Å². The van der Waals surface area contributed by atoms with Crippen molar-refractivity contribution in [2.45, 2.75) is 25.4 Å². The zero-order valence-corrected chi connectivity index (χ0v) is 20.6. The molecular weight excluding hydrogens is 420 g/mol. The predicted octanol–water partition coefficient (Wildman–Crippen LogP) is 3.18. The van der Waals surface area contributed by atoms with Crippen LogP contribution in [0.5, 0.6) is 23.0 Å². The van der Waals surface area contributed by atoms with E-state index in [1.54, 1.807) is 28.4 Å². The van der Waals surface area contributed by atoms with E-state index < -0.39 is 6.10 Å². The fraction of sp³-hybridized carbons (Fsp3) is 0.538. The van der Waals surface area contributed by atoms with Crippen LogP contribution in [0, 0.1) is 0 Å². The van der Waals surface area contributed by atoms with Gasteiger partial charge in [0.1, 0.15) is 0 Å². The molecule has 2 aromatic carbocycles. The highest BCUT2D eigenvalue weighted by molar-refractivity contribution is 5.48. The average Bonchev–Trinajstić information content (AvgIpc) is 2.99. The van der Waals surface area contributed by atoms with E-state index in [-0.39, 0.29) is 0 Å². The lowest BCUT2D eigenvalue weighted by molar-refractivity contribution is 0.117. The van der Waals surface area contributed by atoms with Gasteiger partial charge >= 0.3 is 0 Å². The van der Waals surface area contributed by atoms with Crippen LogP contribution in [0.1, 0.15) is 29.2 Å². The fourth-order valence-corrected chi connectivity index (χ4v) is 4.41. The first-order chi connectivity index (χ1) is 16.0. The van der Waals surface area contributed by atoms with Gasteiger partial charge in [0.15, 0.2) is 23.0 Å². The van der Waals surface area contributed by atoms with Crippen LogP contribution in [-0.4, -0.2) is 83.1 Å². The summed E-state index contributed by atoms with van der Waals surface area (Å²) in [7, 11) is 8.75. The molecule has 1 heterocycles. The maximum absolute atomic E-state index is 10.8. The van der Waals surface area contributed by atoms with Crippen LogP contribution >= 0.6 is 0 Å². The third-order valence-corrected chi connectivity index (χ3v) is 6.38. The molecule has 0 bridgehead atoms. The minimum atomic E-state index is -0.523. The average molecular weight is 459 g/mol. The molecule has 1 aliphatic heterocycles. The van der Waals surface area contributed by atoms with Gasteiger partial charge in [-0.1, -0.05) is 6.07 Å². The molecule has 0 fully saturated rings. The van der Waals surface area contributed by atoms with E-state index in [0.29, 0.717) is 18.0 Å². The maximum atomic E-state index is 10.8. The molecule has 0 radical (unpaired) electrons. The van der Waals surface area contributed by atoms with Crippen molar-refractivity contribution in [1.29, 1.82) is 0 Å². The number of methoxy groups -OCH3 is 4. The van der Waals surface area contributed by atoms with Crippen molar-refractivity contribution in [3.8, 4) is 23.0 Å². The summed E-state index contributed by atoms with van der Waals surface area (Å²) < 4.78 is 21.6. The number of benzene rings is 2. The molecule has 0 amide bonds. The zero-order valence-electron chi connectivity index (χ0n) is 20.6. The smallest absolute Gasteiger partial charge is 0.161 e. The van der Waals surface area contributed by atoms with Crippen molar-refractivity contribution in [2.75, 3.05) is 68.2 Å². The van der Waals surface area contributed by atoms with Gasteiger partial charge < -0.3 is 33.9 Å². The first-order valence-corrected chi connectivity index (χ1v) is 11.5. The summed E-state index contributed by atoms with van der Waals surface area (Å²) in [6.45, 7) is 4.50. The summed E-state index contributed by atoms with van der Waals surface area (Å²) in [5, 5.41) is 10.8. The topological polar surface area (TPSA) is 63.6 Å². The van der Waals surface area contributed by atoms with Gasteiger partial charge in [-0.05, 0) is 80.4 Å². The molecular formula is C26H38N2O5. The number of fused-ring (bicyclic) bond motifs is 1. The summed E-state index contributed by atoms with van der Waals surface area (Å²) in [5.41, 5.74) is 3.32. The van der Waals surface area contributed by atoms with E-state index in [9.17, 15) is 5.11 Å². The van der Waals surface area contributed by atoms with Crippen LogP contribution in [-0.2, 0) is 12.8 Å². The Morgan fingerprint density at radius 1 is 0.909 bits per heavy atom. The lowest BCUT2D eigenvalue weighted by atomic mass is 10.0. The van der Waals surface area contributed by atoms with Crippen LogP contribution in [0.3, 0.4) is 0 Å². The number of hydrogen-bond donors (Lipinski definition) is 1.